The first-order valence-corrected chi connectivity index (χ1v) is 9.75. The minimum absolute atomic E-state index is 0.0260. The zero-order chi connectivity index (χ0) is 24.9. The molecule has 0 spiro atoms. The third-order valence-electron chi connectivity index (χ3n) is 4.15. The van der Waals surface area contributed by atoms with Crippen molar-refractivity contribution < 1.29 is 41.5 Å². The molecule has 0 aliphatic rings. The molecule has 0 fully saturated rings. The number of hydrogen-bond donors (Lipinski definition) is 0. The van der Waals surface area contributed by atoms with Gasteiger partial charge in [0.1, 0.15) is 23.0 Å². The number of hydrogen-bond acceptors (Lipinski definition) is 6. The highest BCUT2D eigenvalue weighted by Crippen LogP contribution is 2.34. The molecule has 0 unspecified atom stereocenters. The Bertz CT molecular complexity index is 1190. The summed E-state index contributed by atoms with van der Waals surface area (Å²) in [6, 6.07) is 14.9. The van der Waals surface area contributed by atoms with Gasteiger partial charge in [0.25, 0.3) is 5.69 Å². The van der Waals surface area contributed by atoms with E-state index in [2.05, 4.69) is 4.74 Å². The molecule has 3 aromatic carbocycles. The number of carbonyl (C=O) groups excluding carboxylic acids is 1. The topological polar surface area (TPSA) is 87.9 Å². The molecule has 0 heterocycles. The van der Waals surface area contributed by atoms with E-state index < -0.39 is 29.8 Å². The molecule has 34 heavy (non-hydrogen) atoms. The number of alkyl halides is 4. The number of non-ortho nitro benzene ring substituents is 1. The normalized spacial score (nSPS) is 11.2. The minimum Gasteiger partial charge on any atom is -0.457 e. The Labute approximate surface area is 194 Å². The number of carbonyl (C=O) groups is 1. The number of nitro groups is 1. The highest BCUT2D eigenvalue weighted by atomic mass is 35.5. The van der Waals surface area contributed by atoms with Gasteiger partial charge in [-0.3, -0.25) is 10.1 Å². The van der Waals surface area contributed by atoms with Crippen LogP contribution in [0.1, 0.15) is 10.4 Å². The van der Waals surface area contributed by atoms with Crippen molar-refractivity contribution in [2.45, 2.75) is 12.3 Å². The molecule has 0 radical (unpaired) electrons. The summed E-state index contributed by atoms with van der Waals surface area (Å²) in [5.41, 5.74) is -0.517. The largest absolute Gasteiger partial charge is 0.457 e. The summed E-state index contributed by atoms with van der Waals surface area (Å²) in [5.74, 6) is -5.13. The molecule has 3 aromatic rings. The van der Waals surface area contributed by atoms with E-state index in [9.17, 15) is 32.5 Å². The van der Waals surface area contributed by atoms with Crippen molar-refractivity contribution in [3.8, 4) is 23.0 Å². The van der Waals surface area contributed by atoms with Gasteiger partial charge in [-0.05, 0) is 42.5 Å². The van der Waals surface area contributed by atoms with E-state index in [-0.39, 0.29) is 28.5 Å². The molecular formula is C22H14ClF4NO6. The Balaban J connectivity index is 1.73. The second-order valence-electron chi connectivity index (χ2n) is 6.74. The quantitative estimate of drug-likeness (QED) is 0.138. The molecular weight excluding hydrogens is 486 g/mol. The Morgan fingerprint density at radius 3 is 2.12 bits per heavy atom. The van der Waals surface area contributed by atoms with Gasteiger partial charge in [0.2, 0.25) is 0 Å². The maximum absolute atomic E-state index is 12.9. The molecule has 7 nitrogen and oxygen atoms in total. The fourth-order valence-corrected chi connectivity index (χ4v) is 2.73. The Hall–Kier alpha value is -3.86. The van der Waals surface area contributed by atoms with Crippen molar-refractivity contribution >= 4 is 23.3 Å². The zero-order valence-electron chi connectivity index (χ0n) is 16.9. The maximum Gasteiger partial charge on any atom is 0.340 e. The number of halogens is 5. The second-order valence-corrected chi connectivity index (χ2v) is 7.18. The van der Waals surface area contributed by atoms with Crippen molar-refractivity contribution in [3.63, 3.8) is 0 Å². The lowest BCUT2D eigenvalue weighted by molar-refractivity contribution is -0.385. The van der Waals surface area contributed by atoms with Crippen LogP contribution in [-0.4, -0.2) is 29.8 Å². The third kappa shape index (κ3) is 6.58. The van der Waals surface area contributed by atoms with Gasteiger partial charge in [-0.2, -0.15) is 8.78 Å². The van der Waals surface area contributed by atoms with Gasteiger partial charge in [-0.1, -0.05) is 17.7 Å². The molecule has 3 rings (SSSR count). The second kappa shape index (κ2) is 10.4. The summed E-state index contributed by atoms with van der Waals surface area (Å²) >= 11 is 5.91. The number of esters is 1. The molecule has 0 aliphatic carbocycles. The predicted molar refractivity (Wildman–Crippen MR) is 112 cm³/mol. The van der Waals surface area contributed by atoms with Gasteiger partial charge >= 0.3 is 18.3 Å². The van der Waals surface area contributed by atoms with Crippen LogP contribution in [0, 0.1) is 10.1 Å². The van der Waals surface area contributed by atoms with Gasteiger partial charge in [0, 0.05) is 11.1 Å². The number of ether oxygens (including phenoxy) is 3. The number of nitrogens with zero attached hydrogens (tertiary/aromatic N) is 1. The average molecular weight is 500 g/mol. The first-order chi connectivity index (χ1) is 16.0. The fraction of sp³-hybridized carbons (Fsp3) is 0.136. The van der Waals surface area contributed by atoms with Crippen LogP contribution in [0.15, 0.2) is 66.7 Å². The Morgan fingerprint density at radius 1 is 0.941 bits per heavy atom. The third-order valence-corrected chi connectivity index (χ3v) is 4.38. The van der Waals surface area contributed by atoms with E-state index in [0.29, 0.717) is 10.8 Å². The van der Waals surface area contributed by atoms with Gasteiger partial charge in [0.05, 0.1) is 22.6 Å². The number of nitro benzene ring substituents is 1. The van der Waals surface area contributed by atoms with E-state index in [1.807, 2.05) is 0 Å². The minimum atomic E-state index is -4.47. The molecule has 178 valence electrons. The van der Waals surface area contributed by atoms with Crippen LogP contribution in [0.5, 0.6) is 23.0 Å². The van der Waals surface area contributed by atoms with Crippen LogP contribution >= 0.6 is 11.6 Å². The predicted octanol–water partition coefficient (Wildman–Crippen LogP) is 6.89. The molecule has 0 saturated carbocycles. The Morgan fingerprint density at radius 2 is 1.56 bits per heavy atom. The van der Waals surface area contributed by atoms with Crippen LogP contribution in [-0.2, 0) is 4.74 Å². The van der Waals surface area contributed by atoms with Crippen LogP contribution < -0.4 is 9.47 Å². The first kappa shape index (κ1) is 24.8. The lowest BCUT2D eigenvalue weighted by Crippen LogP contribution is -2.33. The maximum atomic E-state index is 12.9. The summed E-state index contributed by atoms with van der Waals surface area (Å²) in [6.07, 6.45) is -3.97. The molecule has 0 aliphatic heterocycles. The van der Waals surface area contributed by atoms with E-state index in [0.717, 1.165) is 18.2 Å². The van der Waals surface area contributed by atoms with Crippen molar-refractivity contribution in [2.75, 3.05) is 6.61 Å². The van der Waals surface area contributed by atoms with Crippen molar-refractivity contribution in [1.82, 2.24) is 0 Å². The lowest BCUT2D eigenvalue weighted by atomic mass is 10.2. The lowest BCUT2D eigenvalue weighted by Gasteiger charge is -2.15. The molecule has 0 N–H and O–H groups in total. The average Bonchev–Trinajstić information content (AvgIpc) is 2.78. The molecule has 0 amide bonds. The SMILES string of the molecule is O=C(OCC(F)(F)C(F)F)c1ccc(Oc2cc(Oc3cccc(Cl)c3)cc([N+](=O)[O-])c2)cc1. The van der Waals surface area contributed by atoms with Crippen molar-refractivity contribution in [3.05, 3.63) is 87.4 Å². The zero-order valence-corrected chi connectivity index (χ0v) is 17.7. The fourth-order valence-electron chi connectivity index (χ4n) is 2.55. The number of rotatable bonds is 9. The van der Waals surface area contributed by atoms with Crippen LogP contribution in [0.3, 0.4) is 0 Å². The van der Waals surface area contributed by atoms with Crippen LogP contribution in [0.4, 0.5) is 23.2 Å². The Kier molecular flexibility index (Phi) is 7.57. The highest BCUT2D eigenvalue weighted by Gasteiger charge is 2.42. The van der Waals surface area contributed by atoms with E-state index in [1.165, 1.54) is 30.3 Å². The van der Waals surface area contributed by atoms with Gasteiger partial charge in [0.15, 0.2) is 6.61 Å². The molecule has 0 atom stereocenters. The smallest absolute Gasteiger partial charge is 0.340 e. The molecule has 0 saturated heterocycles. The molecule has 12 heteroatoms. The van der Waals surface area contributed by atoms with E-state index in [1.54, 1.807) is 18.2 Å². The summed E-state index contributed by atoms with van der Waals surface area (Å²) in [4.78, 5) is 22.4. The van der Waals surface area contributed by atoms with Gasteiger partial charge in [-0.15, -0.1) is 0 Å². The van der Waals surface area contributed by atoms with E-state index in [4.69, 9.17) is 21.1 Å². The van der Waals surface area contributed by atoms with Gasteiger partial charge in [-0.25, -0.2) is 13.6 Å². The summed E-state index contributed by atoms with van der Waals surface area (Å²) in [5, 5.41) is 11.7. The summed E-state index contributed by atoms with van der Waals surface area (Å²) in [7, 11) is 0. The summed E-state index contributed by atoms with van der Waals surface area (Å²) in [6.45, 7) is -1.77. The first-order valence-electron chi connectivity index (χ1n) is 9.37. The summed E-state index contributed by atoms with van der Waals surface area (Å²) < 4.78 is 65.5. The van der Waals surface area contributed by atoms with Crippen LogP contribution in [0.2, 0.25) is 5.02 Å². The monoisotopic (exact) mass is 499 g/mol. The molecule has 0 aromatic heterocycles. The van der Waals surface area contributed by atoms with Crippen LogP contribution in [0.25, 0.3) is 0 Å². The highest BCUT2D eigenvalue weighted by molar-refractivity contribution is 6.30. The van der Waals surface area contributed by atoms with Crippen molar-refractivity contribution in [2.24, 2.45) is 0 Å². The van der Waals surface area contributed by atoms with Gasteiger partial charge < -0.3 is 14.2 Å². The van der Waals surface area contributed by atoms with Crippen molar-refractivity contribution in [1.29, 1.82) is 0 Å². The van der Waals surface area contributed by atoms with E-state index >= 15 is 0 Å². The number of benzene rings is 3. The standard InChI is InChI=1S/C22H14ClF4NO6/c23-14-2-1-3-17(8-14)34-19-10-15(28(30)31)9-18(11-19)33-16-6-4-13(5-7-16)20(29)32-12-22(26,27)21(24)25/h1-11,21H,12H2. The molecule has 0 bridgehead atoms.